The molecule has 0 spiro atoms. The molecule has 144 valence electrons. The minimum absolute atomic E-state index is 0. The Morgan fingerprint density at radius 3 is 2.38 bits per heavy atom. The summed E-state index contributed by atoms with van der Waals surface area (Å²) in [4.78, 5) is 20.7. The Morgan fingerprint density at radius 2 is 1.73 bits per heavy atom. The number of guanidine groups is 1. The van der Waals surface area contributed by atoms with Crippen molar-refractivity contribution < 1.29 is 4.79 Å². The highest BCUT2D eigenvalue weighted by Gasteiger charge is 2.23. The van der Waals surface area contributed by atoms with E-state index >= 15 is 0 Å². The fraction of sp³-hybridized carbons (Fsp3) is 0.579. The van der Waals surface area contributed by atoms with E-state index in [0.29, 0.717) is 11.9 Å². The van der Waals surface area contributed by atoms with Gasteiger partial charge in [-0.15, -0.1) is 24.0 Å². The number of likely N-dealkylation sites (tertiary alicyclic amines) is 1. The quantitative estimate of drug-likeness (QED) is 0.402. The van der Waals surface area contributed by atoms with Crippen LogP contribution in [0.25, 0.3) is 0 Å². The van der Waals surface area contributed by atoms with Crippen LogP contribution in [0, 0.1) is 5.92 Å². The number of nitrogens with two attached hydrogens (primary N) is 1. The summed E-state index contributed by atoms with van der Waals surface area (Å²) in [6.45, 7) is 3.72. The van der Waals surface area contributed by atoms with Gasteiger partial charge in [0.2, 0.25) is 5.91 Å². The first kappa shape index (κ1) is 21.3. The minimum Gasteiger partial charge on any atom is -0.370 e. The lowest BCUT2D eigenvalue weighted by Gasteiger charge is -2.32. The molecule has 0 atom stereocenters. The predicted molar refractivity (Wildman–Crippen MR) is 120 cm³/mol. The molecular weight excluding hydrogens is 459 g/mol. The highest BCUT2D eigenvalue weighted by atomic mass is 127. The van der Waals surface area contributed by atoms with Crippen molar-refractivity contribution in [1.82, 2.24) is 9.80 Å². The first-order valence-corrected chi connectivity index (χ1v) is 10.3. The Hall–Kier alpha value is -0.960. The number of carbonyl (C=O) groups is 1. The molecule has 2 fully saturated rings. The van der Waals surface area contributed by atoms with Crippen molar-refractivity contribution in [1.29, 1.82) is 0 Å². The molecule has 2 heterocycles. The highest BCUT2D eigenvalue weighted by Crippen LogP contribution is 2.21. The van der Waals surface area contributed by atoms with Crippen LogP contribution >= 0.6 is 35.7 Å². The van der Waals surface area contributed by atoms with E-state index in [1.54, 1.807) is 0 Å². The van der Waals surface area contributed by atoms with Crippen LogP contribution in [0.5, 0.6) is 0 Å². The summed E-state index contributed by atoms with van der Waals surface area (Å²) >= 11 is 1.94. The van der Waals surface area contributed by atoms with Crippen LogP contribution in [-0.2, 0) is 11.2 Å². The second kappa shape index (κ2) is 11.0. The standard InChI is InChI=1S/C19H28N4OS.HI/c20-19(23-10-12-25-13-11-23)21-15-18(24)22-8-6-17(7-9-22)14-16-4-2-1-3-5-16;/h1-5,17H,6-15H2,(H2,20,21);1H. The first-order valence-electron chi connectivity index (χ1n) is 9.16. The second-order valence-corrected chi connectivity index (χ2v) is 8.01. The van der Waals surface area contributed by atoms with Crippen LogP contribution in [-0.4, -0.2) is 65.9 Å². The van der Waals surface area contributed by atoms with Crippen molar-refractivity contribution in [2.45, 2.75) is 19.3 Å². The number of rotatable bonds is 4. The zero-order valence-corrected chi connectivity index (χ0v) is 18.3. The first-order chi connectivity index (χ1) is 12.2. The molecule has 2 aliphatic heterocycles. The molecule has 1 aromatic carbocycles. The Bertz CT molecular complexity index is 584. The van der Waals surface area contributed by atoms with Crippen molar-refractivity contribution in [3.05, 3.63) is 35.9 Å². The van der Waals surface area contributed by atoms with Crippen LogP contribution in [0.4, 0.5) is 0 Å². The number of amides is 1. The van der Waals surface area contributed by atoms with Crippen molar-refractivity contribution in [3.63, 3.8) is 0 Å². The predicted octanol–water partition coefficient (Wildman–Crippen LogP) is 2.45. The number of piperidine rings is 1. The van der Waals surface area contributed by atoms with Crippen LogP contribution in [0.3, 0.4) is 0 Å². The van der Waals surface area contributed by atoms with Crippen LogP contribution in [0.1, 0.15) is 18.4 Å². The molecule has 1 amide bonds. The third kappa shape index (κ3) is 6.33. The van der Waals surface area contributed by atoms with Gasteiger partial charge in [0.05, 0.1) is 0 Å². The summed E-state index contributed by atoms with van der Waals surface area (Å²) in [5.41, 5.74) is 7.42. The number of halogens is 1. The molecule has 2 saturated heterocycles. The lowest BCUT2D eigenvalue weighted by molar-refractivity contribution is -0.130. The lowest BCUT2D eigenvalue weighted by Crippen LogP contribution is -2.44. The van der Waals surface area contributed by atoms with Gasteiger partial charge in [0.15, 0.2) is 5.96 Å². The van der Waals surface area contributed by atoms with Crippen molar-refractivity contribution in [2.24, 2.45) is 16.6 Å². The van der Waals surface area contributed by atoms with Crippen molar-refractivity contribution in [2.75, 3.05) is 44.2 Å². The fourth-order valence-corrected chi connectivity index (χ4v) is 4.38. The molecule has 0 aromatic heterocycles. The van der Waals surface area contributed by atoms with E-state index in [0.717, 1.165) is 56.9 Å². The number of benzene rings is 1. The fourth-order valence-electron chi connectivity index (χ4n) is 3.47. The SMILES string of the molecule is I.NC(=NCC(=O)N1CCC(Cc2ccccc2)CC1)N1CCSCC1. The molecule has 0 unspecified atom stereocenters. The van der Waals surface area contributed by atoms with E-state index in [2.05, 4.69) is 40.2 Å². The third-order valence-corrected chi connectivity index (χ3v) is 5.99. The zero-order chi connectivity index (χ0) is 17.5. The maximum absolute atomic E-state index is 12.4. The Labute approximate surface area is 177 Å². The van der Waals surface area contributed by atoms with E-state index in [9.17, 15) is 4.79 Å². The van der Waals surface area contributed by atoms with Crippen LogP contribution in [0.2, 0.25) is 0 Å². The Morgan fingerprint density at radius 1 is 1.08 bits per heavy atom. The number of hydrogen-bond acceptors (Lipinski definition) is 3. The highest BCUT2D eigenvalue weighted by molar-refractivity contribution is 14.0. The number of thioether (sulfide) groups is 1. The molecule has 26 heavy (non-hydrogen) atoms. The summed E-state index contributed by atoms with van der Waals surface area (Å²) in [7, 11) is 0. The van der Waals surface area contributed by atoms with Gasteiger partial charge < -0.3 is 15.5 Å². The van der Waals surface area contributed by atoms with E-state index in [-0.39, 0.29) is 36.4 Å². The lowest BCUT2D eigenvalue weighted by atomic mass is 9.90. The smallest absolute Gasteiger partial charge is 0.244 e. The summed E-state index contributed by atoms with van der Waals surface area (Å²) in [5.74, 6) is 3.46. The van der Waals surface area contributed by atoms with Gasteiger partial charge in [0, 0.05) is 37.7 Å². The van der Waals surface area contributed by atoms with Gasteiger partial charge in [-0.05, 0) is 30.7 Å². The Kier molecular flexibility index (Phi) is 9.04. The summed E-state index contributed by atoms with van der Waals surface area (Å²) in [6, 6.07) is 10.6. The zero-order valence-electron chi connectivity index (χ0n) is 15.2. The second-order valence-electron chi connectivity index (χ2n) is 6.79. The van der Waals surface area contributed by atoms with E-state index in [1.807, 2.05) is 16.7 Å². The molecule has 0 bridgehead atoms. The average molecular weight is 488 g/mol. The van der Waals surface area contributed by atoms with Gasteiger partial charge in [0.25, 0.3) is 0 Å². The molecule has 3 rings (SSSR count). The normalized spacial score (nSPS) is 19.2. The van der Waals surface area contributed by atoms with Crippen molar-refractivity contribution >= 4 is 47.6 Å². The van der Waals surface area contributed by atoms with E-state index in [1.165, 1.54) is 5.56 Å². The van der Waals surface area contributed by atoms with Crippen molar-refractivity contribution in [3.8, 4) is 0 Å². The van der Waals surface area contributed by atoms with Gasteiger partial charge in [-0.2, -0.15) is 11.8 Å². The average Bonchev–Trinajstić information content (AvgIpc) is 2.68. The van der Waals surface area contributed by atoms with Gasteiger partial charge in [-0.25, -0.2) is 4.99 Å². The largest absolute Gasteiger partial charge is 0.370 e. The number of hydrogen-bond donors (Lipinski definition) is 1. The topological polar surface area (TPSA) is 61.9 Å². The van der Waals surface area contributed by atoms with E-state index < -0.39 is 0 Å². The third-order valence-electron chi connectivity index (χ3n) is 5.05. The molecule has 0 saturated carbocycles. The monoisotopic (exact) mass is 488 g/mol. The molecule has 0 radical (unpaired) electrons. The maximum Gasteiger partial charge on any atom is 0.244 e. The molecule has 0 aliphatic carbocycles. The molecule has 5 nitrogen and oxygen atoms in total. The number of aliphatic imine (C=N–C) groups is 1. The van der Waals surface area contributed by atoms with Gasteiger partial charge in [-0.3, -0.25) is 4.79 Å². The van der Waals surface area contributed by atoms with Gasteiger partial charge in [-0.1, -0.05) is 30.3 Å². The molecule has 2 aliphatic rings. The van der Waals surface area contributed by atoms with Gasteiger partial charge >= 0.3 is 0 Å². The van der Waals surface area contributed by atoms with E-state index in [4.69, 9.17) is 5.73 Å². The summed E-state index contributed by atoms with van der Waals surface area (Å²) in [5, 5.41) is 0. The molecule has 1 aromatic rings. The minimum atomic E-state index is 0. The maximum atomic E-state index is 12.4. The van der Waals surface area contributed by atoms with Crippen LogP contribution in [0.15, 0.2) is 35.3 Å². The number of nitrogens with zero attached hydrogens (tertiary/aromatic N) is 3. The summed E-state index contributed by atoms with van der Waals surface area (Å²) in [6.07, 6.45) is 3.26. The van der Waals surface area contributed by atoms with Gasteiger partial charge in [0.1, 0.15) is 6.54 Å². The number of carbonyl (C=O) groups excluding carboxylic acids is 1. The molecule has 7 heteroatoms. The Balaban J connectivity index is 0.00000243. The summed E-state index contributed by atoms with van der Waals surface area (Å²) < 4.78 is 0. The molecule has 2 N–H and O–H groups in total. The molecular formula is C19H29IN4OS. The van der Waals surface area contributed by atoms with Crippen LogP contribution < -0.4 is 5.73 Å².